The van der Waals surface area contributed by atoms with Crippen molar-refractivity contribution in [2.75, 3.05) is 14.2 Å². The highest BCUT2D eigenvalue weighted by atomic mass is 35.5. The number of thioether (sulfide) groups is 1. The van der Waals surface area contributed by atoms with E-state index in [1.54, 1.807) is 24.3 Å². The fourth-order valence-electron chi connectivity index (χ4n) is 2.40. The van der Waals surface area contributed by atoms with Crippen molar-refractivity contribution in [2.24, 2.45) is 4.99 Å². The molecule has 27 heavy (non-hydrogen) atoms. The lowest BCUT2D eigenvalue weighted by atomic mass is 10.1. The Hall–Kier alpha value is -2.64. The van der Waals surface area contributed by atoms with Crippen LogP contribution in [0.2, 0.25) is 5.02 Å². The van der Waals surface area contributed by atoms with E-state index in [1.807, 2.05) is 19.1 Å². The molecule has 0 aromatic heterocycles. The van der Waals surface area contributed by atoms with Crippen molar-refractivity contribution in [3.8, 4) is 17.2 Å². The molecule has 1 aliphatic heterocycles. The second kappa shape index (κ2) is 7.94. The van der Waals surface area contributed by atoms with Gasteiger partial charge in [-0.15, -0.1) is 0 Å². The molecule has 0 atom stereocenters. The van der Waals surface area contributed by atoms with E-state index in [0.29, 0.717) is 26.3 Å². The number of benzene rings is 2. The summed E-state index contributed by atoms with van der Waals surface area (Å²) in [4.78, 5) is 17.1. The third-order valence-corrected chi connectivity index (χ3v) is 5.15. The Morgan fingerprint density at radius 1 is 1.19 bits per heavy atom. The van der Waals surface area contributed by atoms with Gasteiger partial charge in [-0.3, -0.25) is 4.79 Å². The molecule has 0 unspecified atom stereocenters. The molecular formula is C19H17ClN2O4S. The molecule has 0 aliphatic carbocycles. The molecule has 1 aliphatic rings. The number of carbonyl (C=O) groups excluding carboxylic acids is 1. The van der Waals surface area contributed by atoms with E-state index in [9.17, 15) is 9.90 Å². The van der Waals surface area contributed by atoms with E-state index >= 15 is 0 Å². The maximum Gasteiger partial charge on any atom is 0.264 e. The zero-order chi connectivity index (χ0) is 19.6. The van der Waals surface area contributed by atoms with E-state index in [0.717, 1.165) is 5.56 Å². The van der Waals surface area contributed by atoms with Gasteiger partial charge in [-0.1, -0.05) is 17.7 Å². The number of aromatic hydroxyl groups is 1. The average molecular weight is 405 g/mol. The lowest BCUT2D eigenvalue weighted by Crippen LogP contribution is -2.19. The minimum Gasteiger partial charge on any atom is -0.502 e. The molecule has 1 saturated heterocycles. The van der Waals surface area contributed by atoms with Crippen molar-refractivity contribution in [3.05, 3.63) is 51.4 Å². The number of phenols is 1. The van der Waals surface area contributed by atoms with E-state index in [4.69, 9.17) is 21.1 Å². The van der Waals surface area contributed by atoms with Gasteiger partial charge in [0.1, 0.15) is 0 Å². The van der Waals surface area contributed by atoms with Gasteiger partial charge in [0.05, 0.1) is 24.8 Å². The predicted molar refractivity (Wildman–Crippen MR) is 108 cm³/mol. The minimum absolute atomic E-state index is 0.0934. The summed E-state index contributed by atoms with van der Waals surface area (Å²) >= 11 is 7.33. The third kappa shape index (κ3) is 4.20. The number of amidine groups is 1. The first kappa shape index (κ1) is 19.1. The number of rotatable bonds is 4. The van der Waals surface area contributed by atoms with Crippen molar-refractivity contribution in [2.45, 2.75) is 6.92 Å². The van der Waals surface area contributed by atoms with Crippen LogP contribution in [0.1, 0.15) is 11.1 Å². The molecule has 1 amide bonds. The SMILES string of the molecule is COc1cc(/C=C2\SC(=Nc3ccc(C)c(Cl)c3)NC2=O)cc(OC)c1O. The number of aliphatic imine (C=N–C) groups is 1. The summed E-state index contributed by atoms with van der Waals surface area (Å²) in [5.74, 6) is 0.160. The quantitative estimate of drug-likeness (QED) is 0.744. The van der Waals surface area contributed by atoms with Crippen molar-refractivity contribution in [1.82, 2.24) is 5.32 Å². The summed E-state index contributed by atoms with van der Waals surface area (Å²) in [5.41, 5.74) is 2.26. The van der Waals surface area contributed by atoms with Crippen LogP contribution in [0.15, 0.2) is 40.2 Å². The molecule has 6 nitrogen and oxygen atoms in total. The maximum atomic E-state index is 12.3. The zero-order valence-electron chi connectivity index (χ0n) is 14.9. The monoisotopic (exact) mass is 404 g/mol. The highest BCUT2D eigenvalue weighted by Gasteiger charge is 2.24. The van der Waals surface area contributed by atoms with Gasteiger partial charge in [0.15, 0.2) is 16.7 Å². The molecule has 2 N–H and O–H groups in total. The smallest absolute Gasteiger partial charge is 0.264 e. The van der Waals surface area contributed by atoms with Crippen molar-refractivity contribution < 1.29 is 19.4 Å². The van der Waals surface area contributed by atoms with Gasteiger partial charge < -0.3 is 19.9 Å². The van der Waals surface area contributed by atoms with Gasteiger partial charge in [0.2, 0.25) is 5.75 Å². The first-order valence-electron chi connectivity index (χ1n) is 7.92. The molecule has 0 radical (unpaired) electrons. The molecule has 0 bridgehead atoms. The van der Waals surface area contributed by atoms with Crippen LogP contribution in [0.25, 0.3) is 6.08 Å². The third-order valence-electron chi connectivity index (χ3n) is 3.84. The predicted octanol–water partition coefficient (Wildman–Crippen LogP) is 4.26. The van der Waals surface area contributed by atoms with E-state index in [-0.39, 0.29) is 23.2 Å². The van der Waals surface area contributed by atoms with E-state index in [2.05, 4.69) is 10.3 Å². The van der Waals surface area contributed by atoms with Gasteiger partial charge in [0.25, 0.3) is 5.91 Å². The van der Waals surface area contributed by atoms with Gasteiger partial charge >= 0.3 is 0 Å². The van der Waals surface area contributed by atoms with Gasteiger partial charge in [-0.2, -0.15) is 0 Å². The van der Waals surface area contributed by atoms with Gasteiger partial charge in [-0.25, -0.2) is 4.99 Å². The Balaban J connectivity index is 1.89. The average Bonchev–Trinajstić information content (AvgIpc) is 2.98. The Bertz CT molecular complexity index is 947. The maximum absolute atomic E-state index is 12.3. The molecule has 140 valence electrons. The summed E-state index contributed by atoms with van der Waals surface area (Å²) in [6.45, 7) is 1.91. The van der Waals surface area contributed by atoms with Crippen molar-refractivity contribution in [1.29, 1.82) is 0 Å². The Kier molecular flexibility index (Phi) is 5.62. The number of phenolic OH excluding ortho intramolecular Hbond substituents is 1. The highest BCUT2D eigenvalue weighted by Crippen LogP contribution is 2.38. The highest BCUT2D eigenvalue weighted by molar-refractivity contribution is 8.18. The largest absolute Gasteiger partial charge is 0.502 e. The summed E-state index contributed by atoms with van der Waals surface area (Å²) in [5, 5.41) is 13.8. The van der Waals surface area contributed by atoms with Gasteiger partial charge in [-0.05, 0) is 60.2 Å². The number of hydrogen-bond donors (Lipinski definition) is 2. The molecule has 1 fully saturated rings. The van der Waals surface area contributed by atoms with Crippen LogP contribution in [0.5, 0.6) is 17.2 Å². The van der Waals surface area contributed by atoms with Crippen molar-refractivity contribution in [3.63, 3.8) is 0 Å². The number of aryl methyl sites for hydroxylation is 1. The van der Waals surface area contributed by atoms with E-state index < -0.39 is 0 Å². The van der Waals surface area contributed by atoms with Crippen LogP contribution < -0.4 is 14.8 Å². The topological polar surface area (TPSA) is 80.2 Å². The molecule has 8 heteroatoms. The molecule has 3 rings (SSSR count). The standard InChI is InChI=1S/C19H17ClN2O4S/c1-10-4-5-12(9-13(10)20)21-19-22-18(24)16(27-19)8-11-6-14(25-2)17(23)15(7-11)26-3/h4-9,23H,1-3H3,(H,21,22,24)/b16-8-. The normalized spacial score (nSPS) is 16.7. The lowest BCUT2D eigenvalue weighted by Gasteiger charge is -2.09. The van der Waals surface area contributed by atoms with Crippen LogP contribution in [0, 0.1) is 6.92 Å². The van der Waals surface area contributed by atoms with E-state index in [1.165, 1.54) is 26.0 Å². The number of methoxy groups -OCH3 is 2. The zero-order valence-corrected chi connectivity index (χ0v) is 16.4. The molecule has 2 aromatic carbocycles. The Morgan fingerprint density at radius 2 is 1.85 bits per heavy atom. The Morgan fingerprint density at radius 3 is 2.44 bits per heavy atom. The first-order valence-corrected chi connectivity index (χ1v) is 9.11. The fraction of sp³-hybridized carbons (Fsp3) is 0.158. The number of nitrogens with zero attached hydrogens (tertiary/aromatic N) is 1. The number of amides is 1. The van der Waals surface area contributed by atoms with Gasteiger partial charge in [0, 0.05) is 5.02 Å². The summed E-state index contributed by atoms with van der Waals surface area (Å²) < 4.78 is 10.3. The minimum atomic E-state index is -0.261. The molecular weight excluding hydrogens is 388 g/mol. The Labute approximate surface area is 165 Å². The van der Waals surface area contributed by atoms with Crippen LogP contribution >= 0.6 is 23.4 Å². The second-order valence-corrected chi connectivity index (χ2v) is 7.13. The molecule has 0 spiro atoms. The molecule has 0 saturated carbocycles. The summed E-state index contributed by atoms with van der Waals surface area (Å²) in [6.07, 6.45) is 1.68. The number of carbonyl (C=O) groups is 1. The first-order chi connectivity index (χ1) is 12.9. The molecule has 2 aromatic rings. The van der Waals surface area contributed by atoms with Crippen molar-refractivity contribution >= 4 is 46.2 Å². The summed E-state index contributed by atoms with van der Waals surface area (Å²) in [6, 6.07) is 8.68. The van der Waals surface area contributed by atoms with Crippen LogP contribution in [0.4, 0.5) is 5.69 Å². The summed E-state index contributed by atoms with van der Waals surface area (Å²) in [7, 11) is 2.89. The molecule has 1 heterocycles. The van der Waals surface area contributed by atoms with Crippen LogP contribution in [-0.4, -0.2) is 30.4 Å². The van der Waals surface area contributed by atoms with Crippen LogP contribution in [0.3, 0.4) is 0 Å². The number of ether oxygens (including phenoxy) is 2. The number of halogens is 1. The fourth-order valence-corrected chi connectivity index (χ4v) is 3.41. The lowest BCUT2D eigenvalue weighted by molar-refractivity contribution is -0.115. The number of hydrogen-bond acceptors (Lipinski definition) is 6. The number of nitrogens with one attached hydrogen (secondary N) is 1. The second-order valence-electron chi connectivity index (χ2n) is 5.69. The van der Waals surface area contributed by atoms with Crippen LogP contribution in [-0.2, 0) is 4.79 Å².